The fourth-order valence-electron chi connectivity index (χ4n) is 4.44. The third-order valence-electron chi connectivity index (χ3n) is 6.60. The average Bonchev–Trinajstić information content (AvgIpc) is 3.40. The van der Waals surface area contributed by atoms with Crippen molar-refractivity contribution in [2.24, 2.45) is 0 Å². The number of carbonyl (C=O) groups is 1. The van der Waals surface area contributed by atoms with Crippen LogP contribution in [0.15, 0.2) is 79.3 Å². The van der Waals surface area contributed by atoms with Gasteiger partial charge in [-0.2, -0.15) is 0 Å². The van der Waals surface area contributed by atoms with Crippen molar-refractivity contribution in [1.29, 1.82) is 0 Å². The molecule has 4 aromatic rings. The van der Waals surface area contributed by atoms with Gasteiger partial charge in [-0.3, -0.25) is 0 Å². The van der Waals surface area contributed by atoms with Crippen molar-refractivity contribution in [3.63, 3.8) is 0 Å². The molecule has 2 aromatic heterocycles. The summed E-state index contributed by atoms with van der Waals surface area (Å²) in [6.07, 6.45) is 16.1. The highest BCUT2D eigenvalue weighted by Gasteiger charge is 2.04. The minimum absolute atomic E-state index is 0.325. The zero-order valence-corrected chi connectivity index (χ0v) is 22.6. The van der Waals surface area contributed by atoms with Crippen LogP contribution in [0, 0.1) is 0 Å². The number of nitrogen functional groups attached to an aromatic ring is 1. The highest BCUT2D eigenvalue weighted by Crippen LogP contribution is 2.20. The number of unbranched alkanes of at least 4 members (excludes halogenated alkanes) is 7. The smallest absolute Gasteiger partial charge is 0.337 e. The molecule has 4 N–H and O–H groups in total. The first-order chi connectivity index (χ1) is 18.6. The molecule has 0 amide bonds. The molecule has 202 valence electrons. The summed E-state index contributed by atoms with van der Waals surface area (Å²) in [5, 5.41) is 14.5. The highest BCUT2D eigenvalue weighted by molar-refractivity contribution is 5.91. The number of aromatic carboxylic acids is 1. The normalized spacial score (nSPS) is 10.8. The van der Waals surface area contributed by atoms with Gasteiger partial charge in [0.1, 0.15) is 5.82 Å². The van der Waals surface area contributed by atoms with Crippen LogP contribution in [0.25, 0.3) is 10.8 Å². The Hall–Kier alpha value is -3.64. The Kier molecular flexibility index (Phi) is 12.4. The number of carboxylic acid groups (broad SMARTS) is 1. The molecule has 2 aromatic carbocycles. The van der Waals surface area contributed by atoms with Crippen molar-refractivity contribution in [1.82, 2.24) is 14.9 Å². The third kappa shape index (κ3) is 10.0. The first-order valence-electron chi connectivity index (χ1n) is 13.8. The van der Waals surface area contributed by atoms with Gasteiger partial charge in [0.15, 0.2) is 0 Å². The van der Waals surface area contributed by atoms with Crippen LogP contribution in [0.5, 0.6) is 0 Å². The molecule has 0 aliphatic carbocycles. The molecule has 0 saturated heterocycles. The van der Waals surface area contributed by atoms with Crippen LogP contribution in [-0.2, 0) is 13.1 Å². The molecule has 0 aliphatic rings. The number of carboxylic acids is 1. The van der Waals surface area contributed by atoms with Crippen LogP contribution < -0.4 is 11.1 Å². The van der Waals surface area contributed by atoms with Gasteiger partial charge in [0.05, 0.1) is 5.56 Å². The minimum atomic E-state index is -0.887. The Bertz CT molecular complexity index is 1240. The maximum absolute atomic E-state index is 10.7. The molecule has 0 spiro atoms. The van der Waals surface area contributed by atoms with Gasteiger partial charge < -0.3 is 20.7 Å². The Morgan fingerprint density at radius 3 is 2.37 bits per heavy atom. The number of hydrogen-bond acceptors (Lipinski definition) is 4. The maximum atomic E-state index is 10.7. The van der Waals surface area contributed by atoms with E-state index in [1.54, 1.807) is 24.7 Å². The lowest BCUT2D eigenvalue weighted by Gasteiger charge is -2.07. The molecule has 6 nitrogen and oxygen atoms in total. The van der Waals surface area contributed by atoms with Crippen molar-refractivity contribution in [2.75, 3.05) is 12.3 Å². The largest absolute Gasteiger partial charge is 0.478 e. The van der Waals surface area contributed by atoms with Crippen molar-refractivity contribution >= 4 is 22.6 Å². The van der Waals surface area contributed by atoms with E-state index in [2.05, 4.69) is 35.4 Å². The van der Waals surface area contributed by atoms with Gasteiger partial charge in [-0.05, 0) is 47.7 Å². The van der Waals surface area contributed by atoms with E-state index in [4.69, 9.17) is 10.8 Å². The summed E-state index contributed by atoms with van der Waals surface area (Å²) in [7, 11) is 0. The van der Waals surface area contributed by atoms with E-state index in [0.717, 1.165) is 24.0 Å². The molecule has 0 saturated carbocycles. The number of fused-ring (bicyclic) bond motifs is 1. The molecule has 0 bridgehead atoms. The van der Waals surface area contributed by atoms with Crippen molar-refractivity contribution in [2.45, 2.75) is 71.4 Å². The molecule has 2 heterocycles. The summed E-state index contributed by atoms with van der Waals surface area (Å²) in [4.78, 5) is 14.8. The third-order valence-corrected chi connectivity index (χ3v) is 6.60. The minimum Gasteiger partial charge on any atom is -0.478 e. The zero-order valence-electron chi connectivity index (χ0n) is 22.6. The highest BCUT2D eigenvalue weighted by atomic mass is 16.4. The lowest BCUT2D eigenvalue weighted by molar-refractivity contribution is 0.0697. The molecule has 0 radical (unpaired) electrons. The maximum Gasteiger partial charge on any atom is 0.337 e. The van der Waals surface area contributed by atoms with Gasteiger partial charge in [0, 0.05) is 37.1 Å². The summed E-state index contributed by atoms with van der Waals surface area (Å²) in [6, 6.07) is 20.0. The zero-order chi connectivity index (χ0) is 27.0. The number of nitrogens with zero attached hydrogens (tertiary/aromatic N) is 2. The number of hydrogen-bond donors (Lipinski definition) is 3. The predicted molar refractivity (Wildman–Crippen MR) is 157 cm³/mol. The molecule has 6 heteroatoms. The Morgan fingerprint density at radius 2 is 1.66 bits per heavy atom. The van der Waals surface area contributed by atoms with Gasteiger partial charge in [-0.25, -0.2) is 9.78 Å². The lowest BCUT2D eigenvalue weighted by Crippen LogP contribution is -2.14. The number of nitrogens with two attached hydrogens (primary N) is 1. The first kappa shape index (κ1) is 28.9. The fourth-order valence-corrected chi connectivity index (χ4v) is 4.44. The second-order valence-corrected chi connectivity index (χ2v) is 9.77. The topological polar surface area (TPSA) is 93.2 Å². The number of rotatable bonds is 14. The van der Waals surface area contributed by atoms with Crippen LogP contribution in [0.2, 0.25) is 0 Å². The summed E-state index contributed by atoms with van der Waals surface area (Å²) in [5.74, 6) is -0.275. The Labute approximate surface area is 226 Å². The first-order valence-corrected chi connectivity index (χ1v) is 13.8. The van der Waals surface area contributed by atoms with E-state index < -0.39 is 5.97 Å². The Morgan fingerprint density at radius 1 is 0.921 bits per heavy atom. The molecule has 0 fully saturated rings. The standard InChI is InChI=1S/C20H31N3.C12H11NO2/c1-2-3-4-5-6-7-8-9-13-22-16-17-10-11-19-18(15-17)12-14-23-20(19)21;14-12(15)11-6-7-13(9-11)8-10-4-2-1-3-5-10/h10-12,14-15,22H,2-9,13,16H2,1H3,(H2,21,23);1-7,9H,8H2,(H,14,15). The van der Waals surface area contributed by atoms with E-state index in [0.29, 0.717) is 17.9 Å². The second-order valence-electron chi connectivity index (χ2n) is 9.77. The van der Waals surface area contributed by atoms with E-state index in [9.17, 15) is 4.79 Å². The lowest BCUT2D eigenvalue weighted by atomic mass is 10.1. The number of benzene rings is 2. The average molecular weight is 515 g/mol. The van der Waals surface area contributed by atoms with Crippen LogP contribution in [0.3, 0.4) is 0 Å². The quantitative estimate of drug-likeness (QED) is 0.154. The summed E-state index contributed by atoms with van der Waals surface area (Å²) < 4.78 is 1.86. The van der Waals surface area contributed by atoms with Crippen LogP contribution in [-0.4, -0.2) is 27.2 Å². The molecular formula is C32H42N4O2. The summed E-state index contributed by atoms with van der Waals surface area (Å²) >= 11 is 0. The number of aromatic nitrogens is 2. The van der Waals surface area contributed by atoms with Gasteiger partial charge in [0.2, 0.25) is 0 Å². The van der Waals surface area contributed by atoms with Gasteiger partial charge >= 0.3 is 5.97 Å². The molecule has 0 atom stereocenters. The van der Waals surface area contributed by atoms with E-state index >= 15 is 0 Å². The molecule has 0 unspecified atom stereocenters. The van der Waals surface area contributed by atoms with Crippen LogP contribution in [0.4, 0.5) is 5.82 Å². The fraction of sp³-hybridized carbons (Fsp3) is 0.375. The Balaban J connectivity index is 0.000000230. The van der Waals surface area contributed by atoms with Crippen molar-refractivity contribution < 1.29 is 9.90 Å². The van der Waals surface area contributed by atoms with Crippen molar-refractivity contribution in [3.8, 4) is 0 Å². The van der Waals surface area contributed by atoms with Crippen LogP contribution >= 0.6 is 0 Å². The van der Waals surface area contributed by atoms with Crippen molar-refractivity contribution in [3.05, 3.63) is 95.9 Å². The molecule has 0 aliphatic heterocycles. The van der Waals surface area contributed by atoms with Gasteiger partial charge in [-0.15, -0.1) is 0 Å². The monoisotopic (exact) mass is 514 g/mol. The summed E-state index contributed by atoms with van der Waals surface area (Å²) in [6.45, 7) is 5.00. The number of pyridine rings is 1. The van der Waals surface area contributed by atoms with E-state index in [-0.39, 0.29) is 0 Å². The van der Waals surface area contributed by atoms with Gasteiger partial charge in [0.25, 0.3) is 0 Å². The summed E-state index contributed by atoms with van der Waals surface area (Å²) in [5.41, 5.74) is 8.68. The molecule has 4 rings (SSSR count). The SMILES string of the molecule is CCCCCCCCCCNCc1ccc2c(N)nccc2c1.O=C(O)c1ccn(Cc2ccccc2)c1. The van der Waals surface area contributed by atoms with E-state index in [1.807, 2.05) is 41.0 Å². The van der Waals surface area contributed by atoms with Crippen LogP contribution in [0.1, 0.15) is 79.8 Å². The number of anilines is 1. The van der Waals surface area contributed by atoms with Gasteiger partial charge in [-0.1, -0.05) is 94.3 Å². The molecular weight excluding hydrogens is 472 g/mol. The predicted octanol–water partition coefficient (Wildman–Crippen LogP) is 7.28. The molecule has 38 heavy (non-hydrogen) atoms. The van der Waals surface area contributed by atoms with E-state index in [1.165, 1.54) is 62.3 Å². The second kappa shape index (κ2) is 16.3. The number of nitrogens with one attached hydrogen (secondary N) is 1.